The maximum absolute atomic E-state index is 12.5. The minimum absolute atomic E-state index is 0.110. The molecule has 0 radical (unpaired) electrons. The van der Waals surface area contributed by atoms with Gasteiger partial charge in [-0.25, -0.2) is 9.97 Å². The monoisotopic (exact) mass is 347 g/mol. The average molecular weight is 347 g/mol. The molecule has 5 heteroatoms. The highest BCUT2D eigenvalue weighted by atomic mass is 16.5. The predicted octanol–water partition coefficient (Wildman–Crippen LogP) is 3.50. The Morgan fingerprint density at radius 2 is 1.88 bits per heavy atom. The average Bonchev–Trinajstić information content (AvgIpc) is 2.66. The first kappa shape index (κ1) is 16.5. The summed E-state index contributed by atoms with van der Waals surface area (Å²) in [6, 6.07) is 11.6. The van der Waals surface area contributed by atoms with Gasteiger partial charge in [0.25, 0.3) is 5.91 Å². The molecule has 0 bridgehead atoms. The highest BCUT2D eigenvalue weighted by Crippen LogP contribution is 2.25. The minimum atomic E-state index is -0.110. The molecule has 0 spiro atoms. The van der Waals surface area contributed by atoms with Crippen molar-refractivity contribution in [3.63, 3.8) is 0 Å². The number of nitrogens with zero attached hydrogens (tertiary/aromatic N) is 2. The Hall–Kier alpha value is -2.95. The van der Waals surface area contributed by atoms with E-state index in [1.165, 1.54) is 5.56 Å². The number of hydrogen-bond donors (Lipinski definition) is 1. The molecule has 132 valence electrons. The van der Waals surface area contributed by atoms with Crippen molar-refractivity contribution in [2.45, 2.75) is 33.2 Å². The van der Waals surface area contributed by atoms with E-state index in [0.717, 1.165) is 53.2 Å². The van der Waals surface area contributed by atoms with Gasteiger partial charge in [-0.1, -0.05) is 12.1 Å². The minimum Gasteiger partial charge on any atom is -0.493 e. The Balaban J connectivity index is 1.49. The second-order valence-electron chi connectivity index (χ2n) is 6.67. The Morgan fingerprint density at radius 1 is 1.08 bits per heavy atom. The van der Waals surface area contributed by atoms with E-state index in [-0.39, 0.29) is 5.91 Å². The van der Waals surface area contributed by atoms with Crippen molar-refractivity contribution in [3.05, 3.63) is 64.5 Å². The fourth-order valence-electron chi connectivity index (χ4n) is 3.18. The van der Waals surface area contributed by atoms with Gasteiger partial charge >= 0.3 is 0 Å². The fraction of sp³-hybridized carbons (Fsp3) is 0.286. The largest absolute Gasteiger partial charge is 0.493 e. The van der Waals surface area contributed by atoms with Crippen LogP contribution in [0.4, 0.5) is 0 Å². The molecule has 2 aromatic carbocycles. The molecule has 3 aromatic rings. The van der Waals surface area contributed by atoms with Gasteiger partial charge in [-0.3, -0.25) is 4.79 Å². The molecule has 0 fully saturated rings. The number of nitrogens with one attached hydrogen (secondary N) is 1. The molecule has 26 heavy (non-hydrogen) atoms. The Kier molecular flexibility index (Phi) is 4.29. The van der Waals surface area contributed by atoms with Crippen LogP contribution in [0.3, 0.4) is 0 Å². The molecule has 4 rings (SSSR count). The maximum Gasteiger partial charge on any atom is 0.251 e. The molecule has 5 nitrogen and oxygen atoms in total. The van der Waals surface area contributed by atoms with E-state index in [2.05, 4.69) is 21.4 Å². The van der Waals surface area contributed by atoms with E-state index < -0.39 is 0 Å². The molecule has 1 N–H and O–H groups in total. The van der Waals surface area contributed by atoms with Gasteiger partial charge in [-0.2, -0.15) is 0 Å². The molecule has 1 aromatic heterocycles. The molecule has 0 atom stereocenters. The first-order valence-electron chi connectivity index (χ1n) is 8.88. The molecule has 0 unspecified atom stereocenters. The van der Waals surface area contributed by atoms with Crippen molar-refractivity contribution in [2.75, 3.05) is 6.61 Å². The molecule has 1 aliphatic rings. The molecule has 1 aliphatic heterocycles. The van der Waals surface area contributed by atoms with Crippen molar-refractivity contribution < 1.29 is 9.53 Å². The van der Waals surface area contributed by atoms with Crippen molar-refractivity contribution in [1.82, 2.24) is 15.3 Å². The zero-order valence-electron chi connectivity index (χ0n) is 15.0. The molecule has 2 heterocycles. The van der Waals surface area contributed by atoms with Gasteiger partial charge in [-0.15, -0.1) is 0 Å². The number of rotatable bonds is 3. The van der Waals surface area contributed by atoms with Crippen LogP contribution in [-0.4, -0.2) is 22.5 Å². The van der Waals surface area contributed by atoms with Gasteiger partial charge in [0, 0.05) is 12.1 Å². The van der Waals surface area contributed by atoms with E-state index in [1.54, 1.807) is 12.1 Å². The van der Waals surface area contributed by atoms with Gasteiger partial charge < -0.3 is 10.1 Å². The number of ether oxygens (including phenoxy) is 1. The van der Waals surface area contributed by atoms with Gasteiger partial charge in [0.2, 0.25) is 0 Å². The van der Waals surface area contributed by atoms with Crippen molar-refractivity contribution >= 4 is 16.9 Å². The van der Waals surface area contributed by atoms with Gasteiger partial charge in [0.1, 0.15) is 5.75 Å². The molecular weight excluding hydrogens is 326 g/mol. The van der Waals surface area contributed by atoms with Crippen molar-refractivity contribution in [3.8, 4) is 5.75 Å². The number of carbonyl (C=O) groups is 1. The van der Waals surface area contributed by atoms with Crippen LogP contribution in [0.5, 0.6) is 5.75 Å². The Labute approximate surface area is 152 Å². The normalized spacial score (nSPS) is 13.2. The highest BCUT2D eigenvalue weighted by molar-refractivity contribution is 5.97. The summed E-state index contributed by atoms with van der Waals surface area (Å²) in [6.45, 7) is 5.13. The summed E-state index contributed by atoms with van der Waals surface area (Å²) < 4.78 is 5.63. The topological polar surface area (TPSA) is 64.1 Å². The number of benzene rings is 2. The summed E-state index contributed by atoms with van der Waals surface area (Å²) in [5.41, 5.74) is 6.23. The SMILES string of the molecule is Cc1nc2ccc(C(=O)NCc3ccc4c(c3)CCCO4)cc2nc1C. The van der Waals surface area contributed by atoms with Crippen LogP contribution in [0.1, 0.15) is 39.3 Å². The van der Waals surface area contributed by atoms with Gasteiger partial charge in [0.05, 0.1) is 29.0 Å². The predicted molar refractivity (Wildman–Crippen MR) is 100 cm³/mol. The Bertz CT molecular complexity index is 998. The summed E-state index contributed by atoms with van der Waals surface area (Å²) >= 11 is 0. The second kappa shape index (κ2) is 6.75. The van der Waals surface area contributed by atoms with Crippen molar-refractivity contribution in [2.24, 2.45) is 0 Å². The number of amides is 1. The zero-order valence-corrected chi connectivity index (χ0v) is 15.0. The van der Waals surface area contributed by atoms with E-state index in [0.29, 0.717) is 12.1 Å². The Morgan fingerprint density at radius 3 is 2.73 bits per heavy atom. The lowest BCUT2D eigenvalue weighted by Crippen LogP contribution is -2.23. The number of carbonyl (C=O) groups excluding carboxylic acids is 1. The zero-order chi connectivity index (χ0) is 18.1. The van der Waals surface area contributed by atoms with E-state index in [9.17, 15) is 4.79 Å². The van der Waals surface area contributed by atoms with Crippen LogP contribution in [0.15, 0.2) is 36.4 Å². The number of hydrogen-bond acceptors (Lipinski definition) is 4. The third kappa shape index (κ3) is 3.25. The van der Waals surface area contributed by atoms with E-state index >= 15 is 0 Å². The number of fused-ring (bicyclic) bond motifs is 2. The molecule has 0 saturated carbocycles. The third-order valence-corrected chi connectivity index (χ3v) is 4.76. The highest BCUT2D eigenvalue weighted by Gasteiger charge is 2.12. The molecule has 0 saturated heterocycles. The standard InChI is InChI=1S/C21H21N3O2/c1-13-14(2)24-19-11-17(6-7-18(19)23-13)21(25)22-12-15-5-8-20-16(10-15)4-3-9-26-20/h5-8,10-11H,3-4,9,12H2,1-2H3,(H,22,25). The third-order valence-electron chi connectivity index (χ3n) is 4.76. The summed E-state index contributed by atoms with van der Waals surface area (Å²) in [7, 11) is 0. The van der Waals surface area contributed by atoms with Crippen LogP contribution in [0.2, 0.25) is 0 Å². The number of aromatic nitrogens is 2. The van der Waals surface area contributed by atoms with Crippen molar-refractivity contribution in [1.29, 1.82) is 0 Å². The summed E-state index contributed by atoms with van der Waals surface area (Å²) in [5.74, 6) is 0.853. The number of aryl methyl sites for hydroxylation is 3. The van der Waals surface area contributed by atoms with E-state index in [1.807, 2.05) is 32.0 Å². The molecule has 1 amide bonds. The second-order valence-corrected chi connectivity index (χ2v) is 6.67. The smallest absolute Gasteiger partial charge is 0.251 e. The first-order valence-corrected chi connectivity index (χ1v) is 8.88. The summed E-state index contributed by atoms with van der Waals surface area (Å²) in [5, 5.41) is 2.98. The van der Waals surface area contributed by atoms with Gasteiger partial charge in [-0.05, 0) is 62.1 Å². The lowest BCUT2D eigenvalue weighted by molar-refractivity contribution is 0.0951. The first-order chi connectivity index (χ1) is 12.6. The van der Waals surface area contributed by atoms with E-state index in [4.69, 9.17) is 4.74 Å². The summed E-state index contributed by atoms with van der Waals surface area (Å²) in [6.07, 6.45) is 2.07. The molecular formula is C21H21N3O2. The lowest BCUT2D eigenvalue weighted by atomic mass is 10.0. The van der Waals surface area contributed by atoms with Crippen LogP contribution in [-0.2, 0) is 13.0 Å². The quantitative estimate of drug-likeness (QED) is 0.787. The molecule has 0 aliphatic carbocycles. The fourth-order valence-corrected chi connectivity index (χ4v) is 3.18. The summed E-state index contributed by atoms with van der Waals surface area (Å²) in [4.78, 5) is 21.6. The van der Waals surface area contributed by atoms with Crippen LogP contribution >= 0.6 is 0 Å². The van der Waals surface area contributed by atoms with Crippen LogP contribution < -0.4 is 10.1 Å². The maximum atomic E-state index is 12.5. The lowest BCUT2D eigenvalue weighted by Gasteiger charge is -2.18. The van der Waals surface area contributed by atoms with Crippen LogP contribution in [0.25, 0.3) is 11.0 Å². The van der Waals surface area contributed by atoms with Crippen LogP contribution in [0, 0.1) is 13.8 Å². The van der Waals surface area contributed by atoms with Gasteiger partial charge in [0.15, 0.2) is 0 Å².